The molecule has 3 aromatic rings. The van der Waals surface area contributed by atoms with E-state index in [1.54, 1.807) is 26.0 Å². The first-order valence-corrected chi connectivity index (χ1v) is 11.0. The highest BCUT2D eigenvalue weighted by molar-refractivity contribution is 5.91. The number of nitrogens with zero attached hydrogens (tertiary/aromatic N) is 1. The summed E-state index contributed by atoms with van der Waals surface area (Å²) < 4.78 is 11.8. The lowest BCUT2D eigenvalue weighted by Gasteiger charge is -2.24. The van der Waals surface area contributed by atoms with Crippen LogP contribution in [0.2, 0.25) is 0 Å². The number of nitrogens with one attached hydrogen (secondary N) is 1. The summed E-state index contributed by atoms with van der Waals surface area (Å²) in [4.78, 5) is 14.8. The van der Waals surface area contributed by atoms with E-state index in [1.807, 2.05) is 36.4 Å². The third-order valence-electron chi connectivity index (χ3n) is 5.27. The van der Waals surface area contributed by atoms with Gasteiger partial charge in [-0.1, -0.05) is 54.5 Å². The summed E-state index contributed by atoms with van der Waals surface area (Å²) in [5, 5.41) is 12.6. The molecular weight excluding hydrogens is 416 g/mol. The van der Waals surface area contributed by atoms with Crippen LogP contribution >= 0.6 is 0 Å². The Labute approximate surface area is 194 Å². The number of carbonyl (C=O) groups excluding carboxylic acids is 1. The van der Waals surface area contributed by atoms with Crippen molar-refractivity contribution >= 4 is 5.91 Å². The molecule has 6 heteroatoms. The van der Waals surface area contributed by atoms with Crippen molar-refractivity contribution in [3.05, 3.63) is 89.4 Å². The summed E-state index contributed by atoms with van der Waals surface area (Å²) in [6, 6.07) is 21.5. The molecule has 0 spiro atoms. The van der Waals surface area contributed by atoms with E-state index >= 15 is 0 Å². The van der Waals surface area contributed by atoms with Crippen molar-refractivity contribution in [2.24, 2.45) is 0 Å². The molecule has 1 aliphatic heterocycles. The fourth-order valence-electron chi connectivity index (χ4n) is 3.65. The molecule has 6 nitrogen and oxygen atoms in total. The number of hydrogen-bond acceptors (Lipinski definition) is 5. The topological polar surface area (TPSA) is 74.9 Å². The van der Waals surface area contributed by atoms with Gasteiger partial charge >= 0.3 is 0 Å². The Hall–Kier alpha value is -3.53. The van der Waals surface area contributed by atoms with Gasteiger partial charge in [-0.25, -0.2) is 0 Å². The maximum atomic E-state index is 12.5. The summed E-state index contributed by atoms with van der Waals surface area (Å²) in [5.74, 6) is 6.55. The van der Waals surface area contributed by atoms with Gasteiger partial charge in [0.2, 0.25) is 0 Å². The third kappa shape index (κ3) is 6.26. The van der Waals surface area contributed by atoms with Gasteiger partial charge in [0.1, 0.15) is 17.5 Å². The summed E-state index contributed by atoms with van der Waals surface area (Å²) in [7, 11) is 0. The number of amides is 1. The van der Waals surface area contributed by atoms with E-state index in [1.165, 1.54) is 0 Å². The maximum Gasteiger partial charge on any atom is 0.287 e. The number of benzene rings is 2. The van der Waals surface area contributed by atoms with Crippen LogP contribution in [0.4, 0.5) is 0 Å². The van der Waals surface area contributed by atoms with Crippen LogP contribution < -0.4 is 10.1 Å². The molecule has 0 bridgehead atoms. The first-order valence-electron chi connectivity index (χ1n) is 11.0. The normalized spacial score (nSPS) is 16.0. The van der Waals surface area contributed by atoms with Crippen LogP contribution in [-0.4, -0.2) is 41.1 Å². The molecule has 0 aliphatic carbocycles. The van der Waals surface area contributed by atoms with Crippen LogP contribution in [0, 0.1) is 11.8 Å². The molecule has 33 heavy (non-hydrogen) atoms. The second kappa shape index (κ2) is 9.95. The Kier molecular flexibility index (Phi) is 6.83. The van der Waals surface area contributed by atoms with E-state index in [-0.39, 0.29) is 17.8 Å². The molecule has 2 heterocycles. The Balaban J connectivity index is 1.38. The van der Waals surface area contributed by atoms with Crippen molar-refractivity contribution in [2.45, 2.75) is 32.1 Å². The Morgan fingerprint density at radius 1 is 1.12 bits per heavy atom. The van der Waals surface area contributed by atoms with Gasteiger partial charge in [0.25, 0.3) is 5.91 Å². The van der Waals surface area contributed by atoms with Gasteiger partial charge in [-0.05, 0) is 43.5 Å². The van der Waals surface area contributed by atoms with E-state index in [0.717, 1.165) is 23.4 Å². The van der Waals surface area contributed by atoms with Crippen molar-refractivity contribution in [2.75, 3.05) is 19.6 Å². The Morgan fingerprint density at radius 2 is 1.88 bits per heavy atom. The van der Waals surface area contributed by atoms with Crippen molar-refractivity contribution in [3.8, 4) is 17.6 Å². The third-order valence-corrected chi connectivity index (χ3v) is 5.27. The molecule has 1 atom stereocenters. The molecular formula is C27H28N2O4. The predicted octanol–water partition coefficient (Wildman–Crippen LogP) is 3.77. The molecule has 0 saturated carbocycles. The lowest BCUT2D eigenvalue weighted by Crippen LogP contribution is -2.36. The smallest absolute Gasteiger partial charge is 0.287 e. The minimum absolute atomic E-state index is 0.0902. The molecule has 170 valence electrons. The van der Waals surface area contributed by atoms with Crippen LogP contribution in [0.1, 0.15) is 47.4 Å². The SMILES string of the molecule is CC(C)(O)C#Cc1ccc(C(=O)NCCN2Cc3ccccc3OC(c3ccccc3)C2)o1. The zero-order valence-electron chi connectivity index (χ0n) is 18.9. The molecule has 0 fully saturated rings. The molecule has 0 saturated heterocycles. The van der Waals surface area contributed by atoms with Gasteiger partial charge in [0, 0.05) is 31.7 Å². The minimum atomic E-state index is -1.12. The van der Waals surface area contributed by atoms with E-state index in [0.29, 0.717) is 25.4 Å². The van der Waals surface area contributed by atoms with Gasteiger partial charge in [0.15, 0.2) is 11.5 Å². The van der Waals surface area contributed by atoms with Crippen molar-refractivity contribution in [1.82, 2.24) is 10.2 Å². The highest BCUT2D eigenvalue weighted by Crippen LogP contribution is 2.30. The summed E-state index contributed by atoms with van der Waals surface area (Å²) >= 11 is 0. The summed E-state index contributed by atoms with van der Waals surface area (Å²) in [5.41, 5.74) is 1.13. The van der Waals surface area contributed by atoms with Crippen LogP contribution in [0.5, 0.6) is 5.75 Å². The van der Waals surface area contributed by atoms with Crippen molar-refractivity contribution < 1.29 is 19.1 Å². The van der Waals surface area contributed by atoms with Crippen LogP contribution in [0.25, 0.3) is 0 Å². The largest absolute Gasteiger partial charge is 0.484 e. The molecule has 1 aliphatic rings. The molecule has 1 amide bonds. The quantitative estimate of drug-likeness (QED) is 0.586. The number of para-hydroxylation sites is 1. The number of hydrogen-bond donors (Lipinski definition) is 2. The first kappa shape index (κ1) is 22.7. The number of carbonyl (C=O) groups is 1. The van der Waals surface area contributed by atoms with Crippen molar-refractivity contribution in [1.29, 1.82) is 0 Å². The Bertz CT molecular complexity index is 1150. The maximum absolute atomic E-state index is 12.5. The second-order valence-electron chi connectivity index (χ2n) is 8.59. The van der Waals surface area contributed by atoms with Gasteiger partial charge in [0.05, 0.1) is 0 Å². The predicted molar refractivity (Wildman–Crippen MR) is 126 cm³/mol. The molecule has 4 rings (SSSR count). The van der Waals surface area contributed by atoms with E-state index < -0.39 is 5.60 Å². The monoisotopic (exact) mass is 444 g/mol. The number of rotatable bonds is 5. The standard InChI is InChI=1S/C27H28N2O4/c1-27(2,31)15-14-22-12-13-24(32-22)26(30)28-16-17-29-18-21-10-6-7-11-23(21)33-25(19-29)20-8-4-3-5-9-20/h3-13,25,31H,16-19H2,1-2H3,(H,28,30). The van der Waals surface area contributed by atoms with Crippen LogP contribution in [-0.2, 0) is 6.54 Å². The molecule has 2 aromatic carbocycles. The molecule has 0 radical (unpaired) electrons. The number of ether oxygens (including phenoxy) is 1. The number of furan rings is 1. The van der Waals surface area contributed by atoms with Gasteiger partial charge in [-0.2, -0.15) is 0 Å². The summed E-state index contributed by atoms with van der Waals surface area (Å²) in [6.45, 7) is 5.77. The molecule has 2 N–H and O–H groups in total. The second-order valence-corrected chi connectivity index (χ2v) is 8.59. The molecule has 1 aromatic heterocycles. The highest BCUT2D eigenvalue weighted by Gasteiger charge is 2.24. The Morgan fingerprint density at radius 3 is 2.67 bits per heavy atom. The van der Waals surface area contributed by atoms with Crippen LogP contribution in [0.3, 0.4) is 0 Å². The van der Waals surface area contributed by atoms with Gasteiger partial charge in [-0.3, -0.25) is 9.69 Å². The minimum Gasteiger partial charge on any atom is -0.484 e. The van der Waals surface area contributed by atoms with E-state index in [2.05, 4.69) is 40.3 Å². The fourth-order valence-corrected chi connectivity index (χ4v) is 3.65. The lowest BCUT2D eigenvalue weighted by molar-refractivity contribution is 0.0915. The van der Waals surface area contributed by atoms with Crippen molar-refractivity contribution in [3.63, 3.8) is 0 Å². The molecule has 1 unspecified atom stereocenters. The van der Waals surface area contributed by atoms with E-state index in [9.17, 15) is 9.90 Å². The van der Waals surface area contributed by atoms with Gasteiger partial charge in [-0.15, -0.1) is 0 Å². The van der Waals surface area contributed by atoms with Crippen LogP contribution in [0.15, 0.2) is 71.1 Å². The average Bonchev–Trinajstić information content (AvgIpc) is 3.19. The highest BCUT2D eigenvalue weighted by atomic mass is 16.5. The summed E-state index contributed by atoms with van der Waals surface area (Å²) in [6.07, 6.45) is -0.0902. The van der Waals surface area contributed by atoms with Gasteiger partial charge < -0.3 is 19.6 Å². The average molecular weight is 445 g/mol. The number of fused-ring (bicyclic) bond motifs is 1. The van der Waals surface area contributed by atoms with E-state index in [4.69, 9.17) is 9.15 Å². The number of aliphatic hydroxyl groups is 1. The fraction of sp³-hybridized carbons (Fsp3) is 0.296. The lowest BCUT2D eigenvalue weighted by atomic mass is 10.1. The zero-order valence-corrected chi connectivity index (χ0v) is 18.9. The first-order chi connectivity index (χ1) is 15.9. The zero-order chi connectivity index (χ0) is 23.3.